The van der Waals surface area contributed by atoms with Gasteiger partial charge in [0.1, 0.15) is 5.78 Å². The van der Waals surface area contributed by atoms with Crippen LogP contribution in [0.3, 0.4) is 0 Å². The molecule has 1 N–H and O–H groups in total. The average Bonchev–Trinajstić information content (AvgIpc) is 3.00. The van der Waals surface area contributed by atoms with Crippen LogP contribution in [0.1, 0.15) is 105 Å². The fourth-order valence-corrected chi connectivity index (χ4v) is 9.10. The number of fused-ring (bicyclic) bond motifs is 5. The fraction of sp³-hybridized carbons (Fsp3) is 0.963. The second-order valence-electron chi connectivity index (χ2n) is 12.5. The Morgan fingerprint density at radius 3 is 2.48 bits per heavy atom. The summed E-state index contributed by atoms with van der Waals surface area (Å²) in [5, 5.41) is 10.2. The molecule has 0 spiro atoms. The molecule has 4 saturated carbocycles. The van der Waals surface area contributed by atoms with E-state index in [1.807, 2.05) is 0 Å². The van der Waals surface area contributed by atoms with Crippen molar-refractivity contribution in [3.05, 3.63) is 0 Å². The zero-order chi connectivity index (χ0) is 21.0. The van der Waals surface area contributed by atoms with Crippen molar-refractivity contribution in [1.82, 2.24) is 0 Å². The smallest absolute Gasteiger partial charge is 0.141 e. The molecule has 4 aliphatic carbocycles. The van der Waals surface area contributed by atoms with Gasteiger partial charge in [-0.1, -0.05) is 53.9 Å². The summed E-state index contributed by atoms with van der Waals surface area (Å²) < 4.78 is 0. The van der Waals surface area contributed by atoms with E-state index in [2.05, 4.69) is 34.6 Å². The monoisotopic (exact) mass is 402 g/mol. The van der Waals surface area contributed by atoms with Crippen LogP contribution in [0, 0.1) is 52.3 Å². The molecule has 0 aromatic carbocycles. The first kappa shape index (κ1) is 21.8. The third kappa shape index (κ3) is 3.54. The lowest BCUT2D eigenvalue weighted by molar-refractivity contribution is -0.163. The van der Waals surface area contributed by atoms with Crippen LogP contribution in [0.2, 0.25) is 0 Å². The van der Waals surface area contributed by atoms with Gasteiger partial charge in [0.2, 0.25) is 0 Å². The van der Waals surface area contributed by atoms with E-state index < -0.39 is 0 Å². The maximum Gasteiger partial charge on any atom is 0.141 e. The summed E-state index contributed by atoms with van der Waals surface area (Å²) in [7, 11) is 0. The molecule has 0 aromatic rings. The number of aliphatic hydroxyl groups is 1. The van der Waals surface area contributed by atoms with Crippen molar-refractivity contribution in [3.8, 4) is 0 Å². The number of ketones is 1. The molecule has 0 aliphatic heterocycles. The summed E-state index contributed by atoms with van der Waals surface area (Å²) in [6, 6.07) is 0. The maximum atomic E-state index is 13.2. The topological polar surface area (TPSA) is 37.3 Å². The number of rotatable bonds is 5. The molecular weight excluding hydrogens is 356 g/mol. The molecule has 4 fully saturated rings. The summed E-state index contributed by atoms with van der Waals surface area (Å²) in [6.45, 7) is 12.2. The van der Waals surface area contributed by atoms with Crippen molar-refractivity contribution in [3.63, 3.8) is 0 Å². The van der Waals surface area contributed by atoms with E-state index in [0.29, 0.717) is 29.5 Å². The summed E-state index contributed by atoms with van der Waals surface area (Å²) in [5.41, 5.74) is 0.350. The molecule has 4 rings (SSSR count). The van der Waals surface area contributed by atoms with Gasteiger partial charge in [-0.3, -0.25) is 4.79 Å². The summed E-state index contributed by atoms with van der Waals surface area (Å²) in [5.74, 6) is 5.53. The molecule has 166 valence electrons. The number of Topliss-reactive ketones (excluding diaryl/α,β-unsaturated/α-hetero) is 1. The second kappa shape index (κ2) is 7.95. The first-order valence-corrected chi connectivity index (χ1v) is 12.9. The van der Waals surface area contributed by atoms with E-state index in [4.69, 9.17) is 0 Å². The van der Waals surface area contributed by atoms with Gasteiger partial charge in [-0.15, -0.1) is 0 Å². The third-order valence-electron chi connectivity index (χ3n) is 10.7. The molecule has 0 saturated heterocycles. The molecule has 0 aromatic heterocycles. The lowest BCUT2D eigenvalue weighted by atomic mass is 9.44. The second-order valence-corrected chi connectivity index (χ2v) is 12.5. The molecule has 9 atom stereocenters. The minimum atomic E-state index is -0.381. The highest BCUT2D eigenvalue weighted by Gasteiger charge is 2.62. The standard InChI is InChI=1S/C27H46O2/c1-17(2)7-6-8-18(3)22-11-12-23-21-10-9-19-15-20(28)16-25(29)27(19,5)24(21)13-14-26(22,23)4/h17-24,28H,6-16H2,1-5H3/t18-,19?,20+,21+,22-,23+,24+,26-,27-/m1/s1. The number of carbonyl (C=O) groups excluding carboxylic acids is 1. The van der Waals surface area contributed by atoms with Gasteiger partial charge in [-0.05, 0) is 91.8 Å². The number of hydrogen-bond acceptors (Lipinski definition) is 2. The minimum absolute atomic E-state index is 0.148. The molecule has 0 heterocycles. The molecule has 4 aliphatic rings. The Labute approximate surface area is 179 Å². The molecule has 1 unspecified atom stereocenters. The molecule has 0 radical (unpaired) electrons. The predicted molar refractivity (Wildman–Crippen MR) is 119 cm³/mol. The van der Waals surface area contributed by atoms with Crippen molar-refractivity contribution >= 4 is 5.78 Å². The lowest BCUT2D eigenvalue weighted by Crippen LogP contribution is -2.57. The zero-order valence-corrected chi connectivity index (χ0v) is 19.8. The first-order valence-electron chi connectivity index (χ1n) is 12.9. The van der Waals surface area contributed by atoms with Gasteiger partial charge in [0.15, 0.2) is 0 Å². The molecule has 2 heteroatoms. The van der Waals surface area contributed by atoms with Crippen LogP contribution < -0.4 is 0 Å². The van der Waals surface area contributed by atoms with Crippen LogP contribution in [-0.2, 0) is 4.79 Å². The van der Waals surface area contributed by atoms with Crippen molar-refractivity contribution < 1.29 is 9.90 Å². The van der Waals surface area contributed by atoms with Crippen LogP contribution in [0.15, 0.2) is 0 Å². The SMILES string of the molecule is CC(C)CCC[C@@H](C)[C@H]1CC[C@H]2[C@@H]3CCC4C[C@H](O)CC(=O)[C@@]4(C)[C@H]3CC[C@]12C. The largest absolute Gasteiger partial charge is 0.393 e. The van der Waals surface area contributed by atoms with Crippen molar-refractivity contribution in [2.75, 3.05) is 0 Å². The van der Waals surface area contributed by atoms with Crippen LogP contribution in [0.4, 0.5) is 0 Å². The zero-order valence-electron chi connectivity index (χ0n) is 19.8. The van der Waals surface area contributed by atoms with Crippen LogP contribution in [-0.4, -0.2) is 17.0 Å². The number of hydrogen-bond donors (Lipinski definition) is 1. The van der Waals surface area contributed by atoms with E-state index in [9.17, 15) is 9.90 Å². The third-order valence-corrected chi connectivity index (χ3v) is 10.7. The Morgan fingerprint density at radius 1 is 1.00 bits per heavy atom. The van der Waals surface area contributed by atoms with E-state index >= 15 is 0 Å². The molecular formula is C27H46O2. The van der Waals surface area contributed by atoms with Crippen molar-refractivity contribution in [2.24, 2.45) is 52.3 Å². The summed E-state index contributed by atoms with van der Waals surface area (Å²) in [6.07, 6.45) is 12.9. The Hall–Kier alpha value is -0.370. The Morgan fingerprint density at radius 2 is 1.76 bits per heavy atom. The molecule has 2 nitrogen and oxygen atoms in total. The van der Waals surface area contributed by atoms with E-state index in [-0.39, 0.29) is 11.5 Å². The van der Waals surface area contributed by atoms with Gasteiger partial charge >= 0.3 is 0 Å². The highest BCUT2D eigenvalue weighted by Crippen LogP contribution is 2.67. The Balaban J connectivity index is 1.50. The van der Waals surface area contributed by atoms with E-state index in [1.165, 1.54) is 57.8 Å². The number of carbonyl (C=O) groups is 1. The minimum Gasteiger partial charge on any atom is -0.393 e. The lowest BCUT2D eigenvalue weighted by Gasteiger charge is -2.60. The highest BCUT2D eigenvalue weighted by molar-refractivity contribution is 5.86. The molecule has 29 heavy (non-hydrogen) atoms. The van der Waals surface area contributed by atoms with E-state index in [1.54, 1.807) is 0 Å². The highest BCUT2D eigenvalue weighted by atomic mass is 16.3. The predicted octanol–water partition coefficient (Wildman–Crippen LogP) is 6.65. The molecule has 0 bridgehead atoms. The van der Waals surface area contributed by atoms with Crippen molar-refractivity contribution in [2.45, 2.75) is 111 Å². The van der Waals surface area contributed by atoms with Gasteiger partial charge in [0, 0.05) is 11.8 Å². The Kier molecular flexibility index (Phi) is 5.99. The number of aliphatic hydroxyl groups excluding tert-OH is 1. The van der Waals surface area contributed by atoms with Gasteiger partial charge in [0.25, 0.3) is 0 Å². The van der Waals surface area contributed by atoms with Crippen molar-refractivity contribution in [1.29, 1.82) is 0 Å². The van der Waals surface area contributed by atoms with Gasteiger partial charge in [0.05, 0.1) is 6.10 Å². The van der Waals surface area contributed by atoms with E-state index in [0.717, 1.165) is 36.0 Å². The van der Waals surface area contributed by atoms with Gasteiger partial charge < -0.3 is 5.11 Å². The normalized spacial score (nSPS) is 48.2. The maximum absolute atomic E-state index is 13.2. The summed E-state index contributed by atoms with van der Waals surface area (Å²) in [4.78, 5) is 13.2. The molecule has 0 amide bonds. The van der Waals surface area contributed by atoms with Gasteiger partial charge in [-0.2, -0.15) is 0 Å². The average molecular weight is 403 g/mol. The van der Waals surface area contributed by atoms with Crippen LogP contribution in [0.5, 0.6) is 0 Å². The quantitative estimate of drug-likeness (QED) is 0.559. The Bertz CT molecular complexity index is 612. The summed E-state index contributed by atoms with van der Waals surface area (Å²) >= 11 is 0. The fourth-order valence-electron chi connectivity index (χ4n) is 9.10. The van der Waals surface area contributed by atoms with Crippen LogP contribution >= 0.6 is 0 Å². The first-order chi connectivity index (χ1) is 13.7. The van der Waals surface area contributed by atoms with Crippen LogP contribution in [0.25, 0.3) is 0 Å². The van der Waals surface area contributed by atoms with Gasteiger partial charge in [-0.25, -0.2) is 0 Å².